The van der Waals surface area contributed by atoms with Crippen molar-refractivity contribution in [3.8, 4) is 0 Å². The Morgan fingerprint density at radius 2 is 1.95 bits per heavy atom. The first-order valence-corrected chi connectivity index (χ1v) is 7.66. The van der Waals surface area contributed by atoms with Crippen molar-refractivity contribution < 1.29 is 8.42 Å². The normalized spacial score (nSPS) is 18.8. The number of sulfonamides is 1. The summed E-state index contributed by atoms with van der Waals surface area (Å²) in [5.41, 5.74) is -1.36. The van der Waals surface area contributed by atoms with E-state index >= 15 is 0 Å². The van der Waals surface area contributed by atoms with Gasteiger partial charge >= 0.3 is 5.69 Å². The van der Waals surface area contributed by atoms with Crippen LogP contribution in [0.1, 0.15) is 6.42 Å². The Kier molecular flexibility index (Phi) is 5.37. The molecule has 0 aliphatic carbocycles. The first kappa shape index (κ1) is 17.9. The molecule has 1 fully saturated rings. The molecule has 21 heavy (non-hydrogen) atoms. The van der Waals surface area contributed by atoms with Gasteiger partial charge < -0.3 is 9.88 Å². The molecule has 1 saturated heterocycles. The van der Waals surface area contributed by atoms with Gasteiger partial charge in [-0.1, -0.05) is 0 Å². The minimum absolute atomic E-state index is 0. The average molecular weight is 339 g/mol. The van der Waals surface area contributed by atoms with Crippen LogP contribution in [0, 0.1) is 0 Å². The van der Waals surface area contributed by atoms with Crippen LogP contribution in [-0.2, 0) is 24.1 Å². The van der Waals surface area contributed by atoms with E-state index in [9.17, 15) is 18.0 Å². The van der Waals surface area contributed by atoms with Crippen molar-refractivity contribution in [1.82, 2.24) is 18.8 Å². The van der Waals surface area contributed by atoms with Gasteiger partial charge in [-0.25, -0.2) is 13.2 Å². The van der Waals surface area contributed by atoms with Gasteiger partial charge in [0.05, 0.1) is 0 Å². The number of likely N-dealkylation sites (N-methyl/N-ethyl adjacent to an activating group) is 1. The zero-order valence-electron chi connectivity index (χ0n) is 12.1. The topological polar surface area (TPSA) is 93.4 Å². The maximum atomic E-state index is 12.5. The highest BCUT2D eigenvalue weighted by atomic mass is 35.5. The predicted octanol–water partition coefficient (Wildman–Crippen LogP) is -1.51. The molecule has 0 radical (unpaired) electrons. The van der Waals surface area contributed by atoms with Gasteiger partial charge in [0, 0.05) is 39.9 Å². The van der Waals surface area contributed by atoms with Crippen molar-refractivity contribution in [2.75, 3.05) is 20.1 Å². The highest BCUT2D eigenvalue weighted by Crippen LogP contribution is 2.15. The smallest absolute Gasteiger partial charge is 0.315 e. The first-order valence-electron chi connectivity index (χ1n) is 6.22. The molecule has 8 nitrogen and oxygen atoms in total. The van der Waals surface area contributed by atoms with Gasteiger partial charge in [-0.2, -0.15) is 4.31 Å². The van der Waals surface area contributed by atoms with E-state index in [0.717, 1.165) is 21.9 Å². The fraction of sp³-hybridized carbons (Fsp3) is 0.636. The van der Waals surface area contributed by atoms with Crippen LogP contribution in [-0.4, -0.2) is 48.0 Å². The molecule has 0 amide bonds. The van der Waals surface area contributed by atoms with Crippen molar-refractivity contribution in [3.63, 3.8) is 0 Å². The number of aromatic nitrogens is 2. The van der Waals surface area contributed by atoms with Crippen LogP contribution in [0.25, 0.3) is 0 Å². The maximum absolute atomic E-state index is 12.5. The Morgan fingerprint density at radius 1 is 1.33 bits per heavy atom. The predicted molar refractivity (Wildman–Crippen MR) is 80.4 cm³/mol. The minimum Gasteiger partial charge on any atom is -0.315 e. The van der Waals surface area contributed by atoms with E-state index in [0.29, 0.717) is 13.0 Å². The molecule has 0 bridgehead atoms. The zero-order valence-corrected chi connectivity index (χ0v) is 13.7. The summed E-state index contributed by atoms with van der Waals surface area (Å²) < 4.78 is 28.1. The molecule has 120 valence electrons. The summed E-state index contributed by atoms with van der Waals surface area (Å²) in [4.78, 5) is 23.3. The number of halogens is 1. The number of nitrogens with one attached hydrogen (secondary N) is 1. The summed E-state index contributed by atoms with van der Waals surface area (Å²) in [7, 11) is 0.221. The molecule has 2 heterocycles. The summed E-state index contributed by atoms with van der Waals surface area (Å²) >= 11 is 0. The number of aryl methyl sites for hydroxylation is 1. The van der Waals surface area contributed by atoms with Crippen molar-refractivity contribution in [2.24, 2.45) is 14.1 Å². The monoisotopic (exact) mass is 338 g/mol. The van der Waals surface area contributed by atoms with Crippen LogP contribution < -0.4 is 16.6 Å². The third-order valence-corrected chi connectivity index (χ3v) is 5.51. The van der Waals surface area contributed by atoms with Gasteiger partial charge in [0.1, 0.15) is 0 Å². The molecule has 2 rings (SSSR count). The van der Waals surface area contributed by atoms with Crippen LogP contribution in [0.15, 0.2) is 20.7 Å². The molecular weight excluding hydrogens is 320 g/mol. The lowest BCUT2D eigenvalue weighted by Crippen LogP contribution is -2.44. The molecule has 1 atom stereocenters. The Bertz CT molecular complexity index is 734. The summed E-state index contributed by atoms with van der Waals surface area (Å²) in [6, 6.07) is -0.179. The molecular formula is C11H19ClN4O4S. The maximum Gasteiger partial charge on any atom is 0.330 e. The van der Waals surface area contributed by atoms with Crippen LogP contribution in [0.2, 0.25) is 0 Å². The first-order chi connectivity index (χ1) is 9.26. The molecule has 1 aliphatic heterocycles. The van der Waals surface area contributed by atoms with Crippen molar-refractivity contribution >= 4 is 22.4 Å². The lowest BCUT2D eigenvalue weighted by molar-refractivity contribution is 0.386. The minimum atomic E-state index is -3.91. The zero-order chi connectivity index (χ0) is 15.1. The van der Waals surface area contributed by atoms with Gasteiger partial charge in [-0.3, -0.25) is 9.36 Å². The molecule has 1 aliphatic rings. The number of hydrogen-bond acceptors (Lipinski definition) is 5. The van der Waals surface area contributed by atoms with E-state index in [-0.39, 0.29) is 23.3 Å². The van der Waals surface area contributed by atoms with Gasteiger partial charge in [0.15, 0.2) is 4.90 Å². The third-order valence-electron chi connectivity index (χ3n) is 3.62. The van der Waals surface area contributed by atoms with Crippen molar-refractivity contribution in [3.05, 3.63) is 27.0 Å². The van der Waals surface area contributed by atoms with Gasteiger partial charge in [-0.05, 0) is 13.0 Å². The lowest BCUT2D eigenvalue weighted by Gasteiger charge is -2.23. The summed E-state index contributed by atoms with van der Waals surface area (Å²) in [6.07, 6.45) is 1.78. The average Bonchev–Trinajstić information content (AvgIpc) is 2.93. The molecule has 1 unspecified atom stereocenters. The molecule has 0 spiro atoms. The highest BCUT2D eigenvalue weighted by molar-refractivity contribution is 7.89. The Labute approximate surface area is 128 Å². The van der Waals surface area contributed by atoms with Crippen molar-refractivity contribution in [2.45, 2.75) is 17.4 Å². The summed E-state index contributed by atoms with van der Waals surface area (Å²) in [6.45, 7) is 1.30. The Balaban J connectivity index is 0.00000220. The fourth-order valence-corrected chi connectivity index (χ4v) is 3.78. The SMILES string of the molecule is CN(C1CCNC1)S(=O)(=O)c1cn(C)c(=O)n(C)c1=O.Cl. The number of rotatable bonds is 3. The molecule has 0 aromatic carbocycles. The van der Waals surface area contributed by atoms with E-state index < -0.39 is 21.3 Å². The quantitative estimate of drug-likeness (QED) is 0.723. The third kappa shape index (κ3) is 3.05. The van der Waals surface area contributed by atoms with Crippen LogP contribution in [0.4, 0.5) is 0 Å². The molecule has 10 heteroatoms. The van der Waals surface area contributed by atoms with E-state index in [4.69, 9.17) is 0 Å². The van der Waals surface area contributed by atoms with Gasteiger partial charge in [0.25, 0.3) is 5.56 Å². The van der Waals surface area contributed by atoms with Crippen molar-refractivity contribution in [1.29, 1.82) is 0 Å². The Hall–Kier alpha value is -1.16. The number of nitrogens with zero attached hydrogens (tertiary/aromatic N) is 3. The summed E-state index contributed by atoms with van der Waals surface area (Å²) in [5.74, 6) is 0. The van der Waals surface area contributed by atoms with E-state index in [1.54, 1.807) is 0 Å². The Morgan fingerprint density at radius 3 is 2.48 bits per heavy atom. The molecule has 1 N–H and O–H groups in total. The molecule has 0 saturated carbocycles. The number of hydrogen-bond donors (Lipinski definition) is 1. The second-order valence-corrected chi connectivity index (χ2v) is 6.88. The fourth-order valence-electron chi connectivity index (χ4n) is 2.25. The summed E-state index contributed by atoms with van der Waals surface area (Å²) in [5, 5.41) is 3.08. The van der Waals surface area contributed by atoms with Crippen LogP contribution in [0.5, 0.6) is 0 Å². The standard InChI is InChI=1S/C11H18N4O4S.ClH/c1-13-7-9(10(16)14(2)11(13)17)20(18,19)15(3)8-4-5-12-6-8;/h7-8,12H,4-6H2,1-3H3;1H. The highest BCUT2D eigenvalue weighted by Gasteiger charge is 2.32. The van der Waals surface area contributed by atoms with E-state index in [1.165, 1.54) is 25.4 Å². The van der Waals surface area contributed by atoms with E-state index in [2.05, 4.69) is 5.32 Å². The molecule has 1 aromatic heterocycles. The second kappa shape index (κ2) is 6.30. The molecule has 1 aromatic rings. The lowest BCUT2D eigenvalue weighted by atomic mass is 10.3. The largest absolute Gasteiger partial charge is 0.330 e. The van der Waals surface area contributed by atoms with Crippen LogP contribution in [0.3, 0.4) is 0 Å². The van der Waals surface area contributed by atoms with Gasteiger partial charge in [0.2, 0.25) is 10.0 Å². The van der Waals surface area contributed by atoms with Crippen LogP contribution >= 0.6 is 12.4 Å². The second-order valence-electron chi connectivity index (χ2n) is 4.92. The van der Waals surface area contributed by atoms with E-state index in [1.807, 2.05) is 0 Å². The van der Waals surface area contributed by atoms with Gasteiger partial charge in [-0.15, -0.1) is 12.4 Å².